The molecule has 4 aromatic rings. The van der Waals surface area contributed by atoms with E-state index in [-0.39, 0.29) is 16.8 Å². The van der Waals surface area contributed by atoms with E-state index in [9.17, 15) is 4.79 Å². The van der Waals surface area contributed by atoms with Gasteiger partial charge in [0, 0.05) is 11.1 Å². The number of thiocarbonyl (C=S) groups is 1. The second-order valence-electron chi connectivity index (χ2n) is 6.00. The van der Waals surface area contributed by atoms with Crippen molar-refractivity contribution in [2.45, 2.75) is 0 Å². The van der Waals surface area contributed by atoms with Crippen molar-refractivity contribution >= 4 is 39.9 Å². The predicted octanol–water partition coefficient (Wildman–Crippen LogP) is 5.23. The van der Waals surface area contributed by atoms with Crippen LogP contribution in [0.4, 0.5) is 5.69 Å². The standard InChI is InChI=1S/C22H16N2O2S/c25-21(20-14-17-9-4-5-12-19(17)26-20)24-22(27)23-18-11-6-10-16(13-18)15-7-2-1-3-8-15/h1-14H,(H2,23,24,25,27). The number of benzene rings is 3. The molecule has 2 N–H and O–H groups in total. The normalized spacial score (nSPS) is 10.5. The van der Waals surface area contributed by atoms with E-state index in [4.69, 9.17) is 16.6 Å². The molecule has 0 saturated heterocycles. The Hall–Kier alpha value is -3.44. The van der Waals surface area contributed by atoms with E-state index in [1.165, 1.54) is 0 Å². The fourth-order valence-electron chi connectivity index (χ4n) is 2.83. The molecule has 0 aliphatic heterocycles. The Kier molecular flexibility index (Phi) is 4.68. The van der Waals surface area contributed by atoms with Crippen LogP contribution < -0.4 is 10.6 Å². The van der Waals surface area contributed by atoms with E-state index in [1.807, 2.05) is 78.9 Å². The third kappa shape index (κ3) is 3.88. The quantitative estimate of drug-likeness (QED) is 0.484. The molecule has 5 heteroatoms. The Morgan fingerprint density at radius 2 is 1.56 bits per heavy atom. The molecule has 0 radical (unpaired) electrons. The fourth-order valence-corrected chi connectivity index (χ4v) is 3.04. The third-order valence-corrected chi connectivity index (χ3v) is 4.31. The molecule has 0 atom stereocenters. The second-order valence-corrected chi connectivity index (χ2v) is 6.41. The highest BCUT2D eigenvalue weighted by atomic mass is 32.1. The Balaban J connectivity index is 1.45. The number of amides is 1. The molecule has 1 aromatic heterocycles. The Labute approximate surface area is 161 Å². The highest BCUT2D eigenvalue weighted by molar-refractivity contribution is 7.80. The van der Waals surface area contributed by atoms with Gasteiger partial charge in [-0.1, -0.05) is 60.7 Å². The van der Waals surface area contributed by atoms with Gasteiger partial charge in [0.05, 0.1) is 0 Å². The molecule has 132 valence electrons. The summed E-state index contributed by atoms with van der Waals surface area (Å²) in [7, 11) is 0. The summed E-state index contributed by atoms with van der Waals surface area (Å²) in [6.07, 6.45) is 0. The average molecular weight is 372 g/mol. The molecule has 0 fully saturated rings. The van der Waals surface area contributed by atoms with Crippen LogP contribution in [-0.4, -0.2) is 11.0 Å². The van der Waals surface area contributed by atoms with Crippen LogP contribution in [0.3, 0.4) is 0 Å². The van der Waals surface area contributed by atoms with Crippen LogP contribution in [0.25, 0.3) is 22.1 Å². The summed E-state index contributed by atoms with van der Waals surface area (Å²) >= 11 is 5.27. The van der Waals surface area contributed by atoms with Gasteiger partial charge in [-0.15, -0.1) is 0 Å². The third-order valence-electron chi connectivity index (χ3n) is 4.10. The van der Waals surface area contributed by atoms with E-state index < -0.39 is 0 Å². The smallest absolute Gasteiger partial charge is 0.293 e. The van der Waals surface area contributed by atoms with Crippen molar-refractivity contribution in [2.75, 3.05) is 5.32 Å². The summed E-state index contributed by atoms with van der Waals surface area (Å²) in [5.41, 5.74) is 3.63. The first-order chi connectivity index (χ1) is 13.2. The van der Waals surface area contributed by atoms with Gasteiger partial charge in [0.15, 0.2) is 10.9 Å². The van der Waals surface area contributed by atoms with E-state index in [2.05, 4.69) is 10.6 Å². The Morgan fingerprint density at radius 1 is 0.815 bits per heavy atom. The van der Waals surface area contributed by atoms with Gasteiger partial charge in [0.2, 0.25) is 0 Å². The minimum absolute atomic E-state index is 0.214. The zero-order chi connectivity index (χ0) is 18.6. The number of hydrogen-bond acceptors (Lipinski definition) is 3. The molecule has 0 bridgehead atoms. The molecule has 4 nitrogen and oxygen atoms in total. The molecule has 1 amide bonds. The molecule has 1 heterocycles. The van der Waals surface area contributed by atoms with Crippen LogP contribution in [0, 0.1) is 0 Å². The number of hydrogen-bond donors (Lipinski definition) is 2. The van der Waals surface area contributed by atoms with Crippen LogP contribution in [0.1, 0.15) is 10.6 Å². The fraction of sp³-hybridized carbons (Fsp3) is 0. The largest absolute Gasteiger partial charge is 0.451 e. The van der Waals surface area contributed by atoms with Gasteiger partial charge >= 0.3 is 0 Å². The maximum atomic E-state index is 12.4. The first-order valence-electron chi connectivity index (χ1n) is 8.45. The summed E-state index contributed by atoms with van der Waals surface area (Å²) in [4.78, 5) is 12.4. The first-order valence-corrected chi connectivity index (χ1v) is 8.86. The minimum atomic E-state index is -0.386. The number of carbonyl (C=O) groups is 1. The van der Waals surface area contributed by atoms with Crippen molar-refractivity contribution in [3.8, 4) is 11.1 Å². The average Bonchev–Trinajstić information content (AvgIpc) is 3.13. The van der Waals surface area contributed by atoms with Crippen molar-refractivity contribution in [3.05, 3.63) is 90.7 Å². The van der Waals surface area contributed by atoms with Crippen LogP contribution >= 0.6 is 12.2 Å². The van der Waals surface area contributed by atoms with Gasteiger partial charge in [-0.05, 0) is 47.6 Å². The maximum absolute atomic E-state index is 12.4. The summed E-state index contributed by atoms with van der Waals surface area (Å²) in [6, 6.07) is 27.1. The molecule has 3 aromatic carbocycles. The number of para-hydroxylation sites is 1. The van der Waals surface area contributed by atoms with Crippen LogP contribution in [0.2, 0.25) is 0 Å². The van der Waals surface area contributed by atoms with Crippen molar-refractivity contribution in [2.24, 2.45) is 0 Å². The summed E-state index contributed by atoms with van der Waals surface area (Å²) < 4.78 is 5.56. The van der Waals surface area contributed by atoms with E-state index in [0.29, 0.717) is 5.58 Å². The SMILES string of the molecule is O=C(NC(=S)Nc1cccc(-c2ccccc2)c1)c1cc2ccccc2o1. The maximum Gasteiger partial charge on any atom is 0.293 e. The molecule has 0 aliphatic rings. The lowest BCUT2D eigenvalue weighted by Gasteiger charge is -2.10. The molecule has 4 rings (SSSR count). The lowest BCUT2D eigenvalue weighted by Crippen LogP contribution is -2.33. The summed E-state index contributed by atoms with van der Waals surface area (Å²) in [5.74, 6) is -0.165. The van der Waals surface area contributed by atoms with Gasteiger partial charge in [-0.3, -0.25) is 10.1 Å². The number of rotatable bonds is 3. The van der Waals surface area contributed by atoms with Gasteiger partial charge in [0.1, 0.15) is 5.58 Å². The lowest BCUT2D eigenvalue weighted by molar-refractivity contribution is 0.0953. The highest BCUT2D eigenvalue weighted by Gasteiger charge is 2.13. The van der Waals surface area contributed by atoms with E-state index >= 15 is 0 Å². The molecule has 0 unspecified atom stereocenters. The number of furan rings is 1. The molecular weight excluding hydrogens is 356 g/mol. The zero-order valence-corrected chi connectivity index (χ0v) is 15.1. The number of nitrogens with one attached hydrogen (secondary N) is 2. The molecule has 0 spiro atoms. The second kappa shape index (κ2) is 7.43. The predicted molar refractivity (Wildman–Crippen MR) is 112 cm³/mol. The molecule has 0 aliphatic carbocycles. The topological polar surface area (TPSA) is 54.3 Å². The van der Waals surface area contributed by atoms with E-state index in [0.717, 1.165) is 22.2 Å². The van der Waals surface area contributed by atoms with Crippen LogP contribution in [0.5, 0.6) is 0 Å². The minimum Gasteiger partial charge on any atom is -0.451 e. The van der Waals surface area contributed by atoms with Crippen LogP contribution in [-0.2, 0) is 0 Å². The number of fused-ring (bicyclic) bond motifs is 1. The van der Waals surface area contributed by atoms with Crippen LogP contribution in [0.15, 0.2) is 89.3 Å². The van der Waals surface area contributed by atoms with Crippen molar-refractivity contribution in [1.29, 1.82) is 0 Å². The van der Waals surface area contributed by atoms with Gasteiger partial charge in [-0.2, -0.15) is 0 Å². The van der Waals surface area contributed by atoms with Crippen molar-refractivity contribution in [1.82, 2.24) is 5.32 Å². The van der Waals surface area contributed by atoms with Gasteiger partial charge in [0.25, 0.3) is 5.91 Å². The van der Waals surface area contributed by atoms with Gasteiger partial charge in [-0.25, -0.2) is 0 Å². The highest BCUT2D eigenvalue weighted by Crippen LogP contribution is 2.22. The summed E-state index contributed by atoms with van der Waals surface area (Å²) in [6.45, 7) is 0. The Morgan fingerprint density at radius 3 is 2.37 bits per heavy atom. The van der Waals surface area contributed by atoms with Gasteiger partial charge < -0.3 is 9.73 Å². The monoisotopic (exact) mass is 372 g/mol. The molecule has 27 heavy (non-hydrogen) atoms. The Bertz CT molecular complexity index is 1090. The number of carbonyl (C=O) groups excluding carboxylic acids is 1. The molecular formula is C22H16N2O2S. The van der Waals surface area contributed by atoms with Crippen molar-refractivity contribution in [3.63, 3.8) is 0 Å². The van der Waals surface area contributed by atoms with Crippen molar-refractivity contribution < 1.29 is 9.21 Å². The zero-order valence-electron chi connectivity index (χ0n) is 14.3. The van der Waals surface area contributed by atoms with E-state index in [1.54, 1.807) is 6.07 Å². The lowest BCUT2D eigenvalue weighted by atomic mass is 10.1. The summed E-state index contributed by atoms with van der Waals surface area (Å²) in [5, 5.41) is 6.78. The number of anilines is 1. The molecule has 0 saturated carbocycles. The first kappa shape index (κ1) is 17.0.